The first-order valence-electron chi connectivity index (χ1n) is 7.18. The highest BCUT2D eigenvalue weighted by atomic mass is 16.6. The molecule has 0 radical (unpaired) electrons. The van der Waals surface area contributed by atoms with Crippen LogP contribution in [0.5, 0.6) is 0 Å². The maximum atomic E-state index is 11.6. The highest BCUT2D eigenvalue weighted by Gasteiger charge is 2.16. The molecular formula is C16H27N3O2. The van der Waals surface area contributed by atoms with Crippen molar-refractivity contribution in [3.63, 3.8) is 0 Å². The van der Waals surface area contributed by atoms with Gasteiger partial charge in [-0.3, -0.25) is 0 Å². The maximum Gasteiger partial charge on any atom is 0.407 e. The van der Waals surface area contributed by atoms with Crippen molar-refractivity contribution in [2.24, 2.45) is 0 Å². The van der Waals surface area contributed by atoms with Gasteiger partial charge in [-0.25, -0.2) is 4.79 Å². The van der Waals surface area contributed by atoms with Crippen LogP contribution in [-0.4, -0.2) is 38.4 Å². The molecule has 118 valence electrons. The second kappa shape index (κ2) is 7.20. The van der Waals surface area contributed by atoms with Crippen molar-refractivity contribution in [2.75, 3.05) is 30.9 Å². The molecule has 1 rings (SSSR count). The molecule has 21 heavy (non-hydrogen) atoms. The normalized spacial score (nSPS) is 12.5. The summed E-state index contributed by atoms with van der Waals surface area (Å²) in [5.41, 5.74) is 1.69. The van der Waals surface area contributed by atoms with Gasteiger partial charge in [0.15, 0.2) is 0 Å². The molecular weight excluding hydrogens is 266 g/mol. The van der Waals surface area contributed by atoms with E-state index in [1.807, 2.05) is 53.9 Å². The molecule has 0 fully saturated rings. The number of benzene rings is 1. The molecule has 0 saturated heterocycles. The third-order valence-corrected chi connectivity index (χ3v) is 2.73. The molecule has 0 aromatic heterocycles. The second-order valence-electron chi connectivity index (χ2n) is 6.37. The van der Waals surface area contributed by atoms with E-state index in [0.29, 0.717) is 6.54 Å². The Morgan fingerprint density at radius 1 is 1.33 bits per heavy atom. The quantitative estimate of drug-likeness (QED) is 0.876. The van der Waals surface area contributed by atoms with Gasteiger partial charge in [0.1, 0.15) is 5.60 Å². The fourth-order valence-electron chi connectivity index (χ4n) is 1.76. The molecule has 1 aromatic carbocycles. The van der Waals surface area contributed by atoms with Crippen molar-refractivity contribution >= 4 is 17.5 Å². The van der Waals surface area contributed by atoms with Crippen LogP contribution in [0.4, 0.5) is 16.2 Å². The number of nitrogens with zero attached hydrogens (tertiary/aromatic N) is 1. The van der Waals surface area contributed by atoms with Crippen LogP contribution in [0.25, 0.3) is 0 Å². The van der Waals surface area contributed by atoms with Crippen molar-refractivity contribution in [1.82, 2.24) is 5.32 Å². The highest BCUT2D eigenvalue weighted by molar-refractivity contribution is 5.67. The average Bonchev–Trinajstić information content (AvgIpc) is 2.34. The van der Waals surface area contributed by atoms with Gasteiger partial charge in [-0.15, -0.1) is 0 Å². The fourth-order valence-corrected chi connectivity index (χ4v) is 1.76. The van der Waals surface area contributed by atoms with Gasteiger partial charge >= 0.3 is 6.09 Å². The molecule has 0 heterocycles. The molecule has 0 aliphatic rings. The first kappa shape index (κ1) is 17.1. The number of amides is 1. The largest absolute Gasteiger partial charge is 0.444 e. The summed E-state index contributed by atoms with van der Waals surface area (Å²) in [6.07, 6.45) is -0.391. The van der Waals surface area contributed by atoms with E-state index in [2.05, 4.69) is 27.7 Å². The number of rotatable bonds is 5. The van der Waals surface area contributed by atoms with Crippen molar-refractivity contribution in [3.05, 3.63) is 24.3 Å². The maximum absolute atomic E-state index is 11.6. The zero-order valence-electron chi connectivity index (χ0n) is 13.9. The lowest BCUT2D eigenvalue weighted by Gasteiger charge is -2.22. The highest BCUT2D eigenvalue weighted by Crippen LogP contribution is 2.17. The van der Waals surface area contributed by atoms with Gasteiger partial charge in [0.2, 0.25) is 0 Å². The SMILES string of the molecule is CC(CNC(=O)OC(C)(C)C)Nc1cccc(N(C)C)c1. The monoisotopic (exact) mass is 293 g/mol. The Bertz CT molecular complexity index is 467. The van der Waals surface area contributed by atoms with Crippen LogP contribution in [0, 0.1) is 0 Å². The molecule has 1 amide bonds. The zero-order chi connectivity index (χ0) is 16.0. The number of anilines is 2. The number of hydrogen-bond donors (Lipinski definition) is 2. The molecule has 0 saturated carbocycles. The predicted octanol–water partition coefficient (Wildman–Crippen LogP) is 3.08. The first-order chi connectivity index (χ1) is 9.67. The summed E-state index contributed by atoms with van der Waals surface area (Å²) >= 11 is 0. The Balaban J connectivity index is 2.45. The number of alkyl carbamates (subject to hydrolysis) is 1. The summed E-state index contributed by atoms with van der Waals surface area (Å²) in [5.74, 6) is 0. The van der Waals surface area contributed by atoms with Gasteiger partial charge < -0.3 is 20.3 Å². The van der Waals surface area contributed by atoms with Crippen LogP contribution in [0.15, 0.2) is 24.3 Å². The van der Waals surface area contributed by atoms with Gasteiger partial charge in [0.05, 0.1) is 0 Å². The number of ether oxygens (including phenoxy) is 1. The van der Waals surface area contributed by atoms with Gasteiger partial charge in [-0.2, -0.15) is 0 Å². The third kappa shape index (κ3) is 6.88. The number of carbonyl (C=O) groups excluding carboxylic acids is 1. The smallest absolute Gasteiger partial charge is 0.407 e. The standard InChI is InChI=1S/C16H27N3O2/c1-12(11-17-15(20)21-16(2,3)4)18-13-8-7-9-14(10-13)19(5)6/h7-10,12,18H,11H2,1-6H3,(H,17,20). The summed E-state index contributed by atoms with van der Waals surface area (Å²) in [5, 5.41) is 6.12. The minimum atomic E-state index is -0.471. The van der Waals surface area contributed by atoms with E-state index in [0.717, 1.165) is 11.4 Å². The molecule has 0 spiro atoms. The minimum Gasteiger partial charge on any atom is -0.444 e. The van der Waals surface area contributed by atoms with Crippen LogP contribution < -0.4 is 15.5 Å². The van der Waals surface area contributed by atoms with Crippen LogP contribution >= 0.6 is 0 Å². The summed E-state index contributed by atoms with van der Waals surface area (Å²) in [7, 11) is 4.01. The van der Waals surface area contributed by atoms with Crippen LogP contribution in [0.2, 0.25) is 0 Å². The van der Waals surface area contributed by atoms with E-state index in [1.165, 1.54) is 0 Å². The van der Waals surface area contributed by atoms with Crippen molar-refractivity contribution < 1.29 is 9.53 Å². The zero-order valence-corrected chi connectivity index (χ0v) is 13.9. The lowest BCUT2D eigenvalue weighted by molar-refractivity contribution is 0.0526. The lowest BCUT2D eigenvalue weighted by Crippen LogP contribution is -2.38. The topological polar surface area (TPSA) is 53.6 Å². The predicted molar refractivity (Wildman–Crippen MR) is 88.1 cm³/mol. The van der Waals surface area contributed by atoms with Crippen molar-refractivity contribution in [2.45, 2.75) is 39.3 Å². The Labute approximate surface area is 127 Å². The average molecular weight is 293 g/mol. The lowest BCUT2D eigenvalue weighted by atomic mass is 10.2. The van der Waals surface area contributed by atoms with E-state index in [-0.39, 0.29) is 6.04 Å². The van der Waals surface area contributed by atoms with Crippen molar-refractivity contribution in [1.29, 1.82) is 0 Å². The summed E-state index contributed by atoms with van der Waals surface area (Å²) in [4.78, 5) is 13.6. The van der Waals surface area contributed by atoms with Crippen LogP contribution in [0.3, 0.4) is 0 Å². The summed E-state index contributed by atoms with van der Waals surface area (Å²) in [6, 6.07) is 8.25. The Morgan fingerprint density at radius 2 is 2.00 bits per heavy atom. The van der Waals surface area contributed by atoms with Crippen LogP contribution in [0.1, 0.15) is 27.7 Å². The van der Waals surface area contributed by atoms with E-state index < -0.39 is 11.7 Å². The molecule has 5 nitrogen and oxygen atoms in total. The molecule has 1 aromatic rings. The Morgan fingerprint density at radius 3 is 2.57 bits per heavy atom. The third-order valence-electron chi connectivity index (χ3n) is 2.73. The Kier molecular flexibility index (Phi) is 5.88. The Hall–Kier alpha value is -1.91. The number of nitrogens with one attached hydrogen (secondary N) is 2. The minimum absolute atomic E-state index is 0.106. The van der Waals surface area contributed by atoms with Crippen molar-refractivity contribution in [3.8, 4) is 0 Å². The number of hydrogen-bond acceptors (Lipinski definition) is 4. The number of carbonyl (C=O) groups is 1. The van der Waals surface area contributed by atoms with Gasteiger partial charge in [-0.05, 0) is 45.9 Å². The second-order valence-corrected chi connectivity index (χ2v) is 6.37. The molecule has 2 N–H and O–H groups in total. The molecule has 0 aliphatic heterocycles. The van der Waals surface area contributed by atoms with E-state index in [9.17, 15) is 4.79 Å². The molecule has 0 aliphatic carbocycles. The van der Waals surface area contributed by atoms with Crippen LogP contribution in [-0.2, 0) is 4.74 Å². The molecule has 5 heteroatoms. The van der Waals surface area contributed by atoms with E-state index in [4.69, 9.17) is 4.74 Å². The summed E-state index contributed by atoms with van der Waals surface area (Å²) in [6.45, 7) is 8.06. The van der Waals surface area contributed by atoms with Gasteiger partial charge in [0, 0.05) is 38.1 Å². The fraction of sp³-hybridized carbons (Fsp3) is 0.562. The first-order valence-corrected chi connectivity index (χ1v) is 7.18. The van der Waals surface area contributed by atoms with E-state index in [1.54, 1.807) is 0 Å². The van der Waals surface area contributed by atoms with Gasteiger partial charge in [-0.1, -0.05) is 6.07 Å². The summed E-state index contributed by atoms with van der Waals surface area (Å²) < 4.78 is 5.20. The van der Waals surface area contributed by atoms with Gasteiger partial charge in [0.25, 0.3) is 0 Å². The molecule has 0 bridgehead atoms. The van der Waals surface area contributed by atoms with E-state index >= 15 is 0 Å². The molecule has 1 unspecified atom stereocenters. The molecule has 1 atom stereocenters.